The highest BCUT2D eigenvalue weighted by Gasteiger charge is 2.59. The number of ketones is 2. The first kappa shape index (κ1) is 21.1. The molecule has 0 heterocycles. The number of carbonyl (C=O) groups is 2. The third-order valence-electron chi connectivity index (χ3n) is 9.54. The van der Waals surface area contributed by atoms with Gasteiger partial charge < -0.3 is 4.74 Å². The maximum atomic E-state index is 13.2. The summed E-state index contributed by atoms with van der Waals surface area (Å²) < 4.78 is 5.74. The number of allylic oxidation sites excluding steroid dienone is 2. The number of carbonyl (C=O) groups excluding carboxylic acids is 2. The summed E-state index contributed by atoms with van der Waals surface area (Å²) in [6.07, 6.45) is 12.0. The summed E-state index contributed by atoms with van der Waals surface area (Å²) in [6, 6.07) is 9.90. The molecule has 31 heavy (non-hydrogen) atoms. The normalized spacial score (nSPS) is 39.3. The predicted octanol–water partition coefficient (Wildman–Crippen LogP) is 5.92. The van der Waals surface area contributed by atoms with Crippen molar-refractivity contribution in [3.8, 4) is 0 Å². The van der Waals surface area contributed by atoms with Crippen molar-refractivity contribution in [1.82, 2.24) is 0 Å². The lowest BCUT2D eigenvalue weighted by Gasteiger charge is -2.58. The minimum atomic E-state index is -0.545. The molecular weight excluding hydrogens is 384 g/mol. The summed E-state index contributed by atoms with van der Waals surface area (Å²) in [4.78, 5) is 26.3. The van der Waals surface area contributed by atoms with Crippen molar-refractivity contribution in [2.75, 3.05) is 6.61 Å². The molecule has 1 aromatic rings. The standard InChI is InChI=1S/C28H36O3/c1-27-14-7-6-10-20(27)11-12-21-22(27)13-15-28(2)23(21)16-24(29)26(28)25(30)18-31-17-19-8-4-3-5-9-19/h3-5,8-9,16,20-22,26H,6-7,10-15,17-18H2,1-2H3/t20?,21-,22+,26-,27+,28+/m1/s1. The molecule has 0 amide bonds. The summed E-state index contributed by atoms with van der Waals surface area (Å²) >= 11 is 0. The molecule has 0 spiro atoms. The number of benzene rings is 1. The van der Waals surface area contributed by atoms with Crippen molar-refractivity contribution < 1.29 is 14.3 Å². The van der Waals surface area contributed by atoms with Crippen molar-refractivity contribution in [2.45, 2.75) is 71.8 Å². The van der Waals surface area contributed by atoms with E-state index in [0.29, 0.717) is 23.9 Å². The molecule has 0 aliphatic heterocycles. The number of fused-ring (bicyclic) bond motifs is 5. The fourth-order valence-electron chi connectivity index (χ4n) is 7.94. The summed E-state index contributed by atoms with van der Waals surface area (Å²) in [5, 5.41) is 0. The zero-order valence-electron chi connectivity index (χ0n) is 19.1. The number of hydrogen-bond acceptors (Lipinski definition) is 3. The Kier molecular flexibility index (Phi) is 5.45. The van der Waals surface area contributed by atoms with Crippen LogP contribution in [0.4, 0.5) is 0 Å². The van der Waals surface area contributed by atoms with Gasteiger partial charge in [-0.1, -0.05) is 62.6 Å². The molecule has 1 unspecified atom stereocenters. The van der Waals surface area contributed by atoms with Gasteiger partial charge in [-0.15, -0.1) is 0 Å². The second kappa shape index (κ2) is 7.99. The monoisotopic (exact) mass is 420 g/mol. The van der Waals surface area contributed by atoms with E-state index in [2.05, 4.69) is 13.8 Å². The molecule has 4 aliphatic carbocycles. The number of Topliss-reactive ketones (excluding diaryl/α,β-unsaturated/α-hetero) is 1. The molecule has 166 valence electrons. The molecule has 3 nitrogen and oxygen atoms in total. The Morgan fingerprint density at radius 3 is 2.65 bits per heavy atom. The Morgan fingerprint density at radius 1 is 1.03 bits per heavy atom. The molecule has 5 rings (SSSR count). The van der Waals surface area contributed by atoms with E-state index in [-0.39, 0.29) is 23.6 Å². The molecular formula is C28H36O3. The third-order valence-corrected chi connectivity index (χ3v) is 9.54. The van der Waals surface area contributed by atoms with Gasteiger partial charge in [0.1, 0.15) is 6.61 Å². The number of rotatable bonds is 5. The van der Waals surface area contributed by atoms with Crippen molar-refractivity contribution in [3.63, 3.8) is 0 Å². The molecule has 3 fully saturated rings. The minimum Gasteiger partial charge on any atom is -0.369 e. The summed E-state index contributed by atoms with van der Waals surface area (Å²) in [5.41, 5.74) is 2.48. The van der Waals surface area contributed by atoms with E-state index in [4.69, 9.17) is 4.74 Å². The molecule has 3 saturated carbocycles. The van der Waals surface area contributed by atoms with Crippen molar-refractivity contribution in [2.24, 2.45) is 34.5 Å². The second-order valence-corrected chi connectivity index (χ2v) is 11.1. The van der Waals surface area contributed by atoms with Crippen LogP contribution >= 0.6 is 0 Å². The Labute approximate surface area is 186 Å². The average Bonchev–Trinajstić information content (AvgIpc) is 3.04. The molecule has 0 aromatic heterocycles. The van der Waals surface area contributed by atoms with Crippen molar-refractivity contribution in [3.05, 3.63) is 47.5 Å². The highest BCUT2D eigenvalue weighted by Crippen LogP contribution is 2.65. The molecule has 4 aliphatic rings. The maximum absolute atomic E-state index is 13.2. The van der Waals surface area contributed by atoms with E-state index in [1.54, 1.807) is 0 Å². The Balaban J connectivity index is 1.31. The van der Waals surface area contributed by atoms with Crippen LogP contribution in [0.1, 0.15) is 70.8 Å². The van der Waals surface area contributed by atoms with E-state index in [1.807, 2.05) is 36.4 Å². The molecule has 0 radical (unpaired) electrons. The SMILES string of the molecule is C[C@]12CC[C@H]3[C@@H](CCC4CCCC[C@@]43C)C1=CC(=O)[C@@H]2C(=O)COCc1ccccc1. The number of hydrogen-bond donors (Lipinski definition) is 0. The predicted molar refractivity (Wildman–Crippen MR) is 121 cm³/mol. The lowest BCUT2D eigenvalue weighted by atomic mass is 9.46. The van der Waals surface area contributed by atoms with Gasteiger partial charge in [0.05, 0.1) is 12.5 Å². The van der Waals surface area contributed by atoms with Crippen LogP contribution in [0.5, 0.6) is 0 Å². The van der Waals surface area contributed by atoms with Crippen LogP contribution < -0.4 is 0 Å². The van der Waals surface area contributed by atoms with Gasteiger partial charge in [0.2, 0.25) is 0 Å². The van der Waals surface area contributed by atoms with Crippen LogP contribution in [-0.2, 0) is 20.9 Å². The average molecular weight is 421 g/mol. The maximum Gasteiger partial charge on any atom is 0.170 e. The van der Waals surface area contributed by atoms with Crippen LogP contribution in [0.15, 0.2) is 42.0 Å². The van der Waals surface area contributed by atoms with E-state index in [9.17, 15) is 9.59 Å². The topological polar surface area (TPSA) is 43.4 Å². The van der Waals surface area contributed by atoms with Crippen LogP contribution in [0.25, 0.3) is 0 Å². The first-order valence-corrected chi connectivity index (χ1v) is 12.3. The zero-order chi connectivity index (χ0) is 21.6. The lowest BCUT2D eigenvalue weighted by molar-refractivity contribution is -0.138. The van der Waals surface area contributed by atoms with Crippen molar-refractivity contribution in [1.29, 1.82) is 0 Å². The quantitative estimate of drug-likeness (QED) is 0.555. The van der Waals surface area contributed by atoms with E-state index in [1.165, 1.54) is 44.1 Å². The number of ether oxygens (including phenoxy) is 1. The van der Waals surface area contributed by atoms with Crippen LogP contribution in [0, 0.1) is 34.5 Å². The smallest absolute Gasteiger partial charge is 0.170 e. The van der Waals surface area contributed by atoms with E-state index < -0.39 is 5.92 Å². The highest BCUT2D eigenvalue weighted by molar-refractivity contribution is 6.11. The molecule has 3 heteroatoms. The largest absolute Gasteiger partial charge is 0.369 e. The molecule has 6 atom stereocenters. The van der Waals surface area contributed by atoms with Crippen LogP contribution in [0.3, 0.4) is 0 Å². The highest BCUT2D eigenvalue weighted by atomic mass is 16.5. The van der Waals surface area contributed by atoms with Crippen molar-refractivity contribution >= 4 is 11.6 Å². The van der Waals surface area contributed by atoms with Gasteiger partial charge in [0.25, 0.3) is 0 Å². The van der Waals surface area contributed by atoms with E-state index in [0.717, 1.165) is 24.3 Å². The summed E-state index contributed by atoms with van der Waals surface area (Å²) in [7, 11) is 0. The van der Waals surface area contributed by atoms with E-state index >= 15 is 0 Å². The third kappa shape index (κ3) is 3.44. The van der Waals surface area contributed by atoms with Crippen LogP contribution in [0.2, 0.25) is 0 Å². The fourth-order valence-corrected chi connectivity index (χ4v) is 7.94. The summed E-state index contributed by atoms with van der Waals surface area (Å²) in [6.45, 7) is 5.16. The molecule has 0 bridgehead atoms. The van der Waals surface area contributed by atoms with Gasteiger partial charge in [-0.05, 0) is 73.3 Å². The van der Waals surface area contributed by atoms with Gasteiger partial charge in [-0.3, -0.25) is 9.59 Å². The zero-order valence-corrected chi connectivity index (χ0v) is 19.1. The molecule has 0 saturated heterocycles. The lowest BCUT2D eigenvalue weighted by Crippen LogP contribution is -2.51. The van der Waals surface area contributed by atoms with Gasteiger partial charge in [0, 0.05) is 5.41 Å². The first-order chi connectivity index (χ1) is 14.9. The van der Waals surface area contributed by atoms with Gasteiger partial charge in [-0.2, -0.15) is 0 Å². The molecule has 0 N–H and O–H groups in total. The second-order valence-electron chi connectivity index (χ2n) is 11.1. The Morgan fingerprint density at radius 2 is 1.84 bits per heavy atom. The van der Waals surface area contributed by atoms with Gasteiger partial charge in [-0.25, -0.2) is 0 Å². The van der Waals surface area contributed by atoms with Gasteiger partial charge >= 0.3 is 0 Å². The van der Waals surface area contributed by atoms with Gasteiger partial charge in [0.15, 0.2) is 11.6 Å². The Bertz CT molecular complexity index is 887. The Hall–Kier alpha value is -1.74. The van der Waals surface area contributed by atoms with Crippen LogP contribution in [-0.4, -0.2) is 18.2 Å². The first-order valence-electron chi connectivity index (χ1n) is 12.3. The fraction of sp³-hybridized carbons (Fsp3) is 0.643. The summed E-state index contributed by atoms with van der Waals surface area (Å²) in [5.74, 6) is 1.48. The molecule has 1 aromatic carbocycles. The minimum absolute atomic E-state index is 0.0237.